The summed E-state index contributed by atoms with van der Waals surface area (Å²) in [7, 11) is 1.77. The molecule has 17 heavy (non-hydrogen) atoms. The number of aryl methyl sites for hydroxylation is 1. The highest BCUT2D eigenvalue weighted by molar-refractivity contribution is 14.1. The lowest BCUT2D eigenvalue weighted by Crippen LogP contribution is -2.15. The van der Waals surface area contributed by atoms with E-state index in [1.807, 2.05) is 0 Å². The van der Waals surface area contributed by atoms with Crippen molar-refractivity contribution >= 4 is 45.8 Å². The van der Waals surface area contributed by atoms with Crippen LogP contribution in [0.2, 0.25) is 5.02 Å². The first-order valence-electron chi connectivity index (χ1n) is 4.80. The van der Waals surface area contributed by atoms with Gasteiger partial charge in [0.15, 0.2) is 0 Å². The Balaban J connectivity index is 2.22. The van der Waals surface area contributed by atoms with Crippen LogP contribution in [0.25, 0.3) is 0 Å². The minimum atomic E-state index is -0.190. The Hall–Kier alpha value is -1.08. The number of nitrogens with zero attached hydrogens (tertiary/aromatic N) is 2. The fraction of sp³-hybridized carbons (Fsp3) is 0.0909. The second-order valence-electron chi connectivity index (χ2n) is 3.47. The molecular formula is C11H9ClIN3O. The number of carbonyl (C=O) groups excluding carboxylic acids is 1. The van der Waals surface area contributed by atoms with Crippen LogP contribution in [0.4, 0.5) is 5.69 Å². The van der Waals surface area contributed by atoms with E-state index in [1.165, 1.54) is 6.20 Å². The van der Waals surface area contributed by atoms with E-state index in [1.54, 1.807) is 36.1 Å². The van der Waals surface area contributed by atoms with Crippen LogP contribution in [-0.2, 0) is 7.05 Å². The number of amides is 1. The van der Waals surface area contributed by atoms with Gasteiger partial charge in [-0.1, -0.05) is 11.6 Å². The van der Waals surface area contributed by atoms with Gasteiger partial charge in [-0.25, -0.2) is 4.98 Å². The Bertz CT molecular complexity index is 568. The van der Waals surface area contributed by atoms with E-state index in [0.717, 1.165) is 9.26 Å². The molecule has 2 rings (SSSR count). The summed E-state index contributed by atoms with van der Waals surface area (Å²) in [5.41, 5.74) is 1.25. The van der Waals surface area contributed by atoms with E-state index >= 15 is 0 Å². The molecule has 1 amide bonds. The van der Waals surface area contributed by atoms with Gasteiger partial charge in [0.25, 0.3) is 5.91 Å². The van der Waals surface area contributed by atoms with Crippen LogP contribution in [0.1, 0.15) is 10.5 Å². The monoisotopic (exact) mass is 361 g/mol. The number of rotatable bonds is 2. The molecule has 88 valence electrons. The Morgan fingerprint density at radius 2 is 2.29 bits per heavy atom. The summed E-state index contributed by atoms with van der Waals surface area (Å²) in [4.78, 5) is 15.8. The fourth-order valence-corrected chi connectivity index (χ4v) is 2.36. The summed E-state index contributed by atoms with van der Waals surface area (Å²) >= 11 is 7.97. The van der Waals surface area contributed by atoms with Crippen molar-refractivity contribution in [2.24, 2.45) is 7.05 Å². The van der Waals surface area contributed by atoms with Gasteiger partial charge in [0.1, 0.15) is 5.69 Å². The molecule has 0 unspecified atom stereocenters. The minimum Gasteiger partial charge on any atom is -0.330 e. The molecule has 1 aromatic heterocycles. The van der Waals surface area contributed by atoms with E-state index in [4.69, 9.17) is 11.6 Å². The molecule has 2 aromatic rings. The average Bonchev–Trinajstić information content (AvgIpc) is 2.68. The van der Waals surface area contributed by atoms with Crippen molar-refractivity contribution in [1.82, 2.24) is 9.55 Å². The standard InChI is InChI=1S/C11H9ClIN3O/c1-16-6-14-5-10(16)11(17)15-9-3-2-7(12)4-8(9)13/h2-6H,1H3,(H,15,17). The summed E-state index contributed by atoms with van der Waals surface area (Å²) in [6, 6.07) is 5.31. The van der Waals surface area contributed by atoms with Crippen molar-refractivity contribution in [2.75, 3.05) is 5.32 Å². The zero-order chi connectivity index (χ0) is 12.4. The SMILES string of the molecule is Cn1cncc1C(=O)Nc1ccc(Cl)cc1I. The number of imidazole rings is 1. The van der Waals surface area contributed by atoms with E-state index in [9.17, 15) is 4.79 Å². The average molecular weight is 362 g/mol. The van der Waals surface area contributed by atoms with Gasteiger partial charge < -0.3 is 9.88 Å². The van der Waals surface area contributed by atoms with E-state index in [0.29, 0.717) is 10.7 Å². The number of nitrogens with one attached hydrogen (secondary N) is 1. The number of anilines is 1. The Kier molecular flexibility index (Phi) is 3.68. The Labute approximate surface area is 117 Å². The first-order valence-corrected chi connectivity index (χ1v) is 6.26. The maximum Gasteiger partial charge on any atom is 0.273 e. The largest absolute Gasteiger partial charge is 0.330 e. The molecular weight excluding hydrogens is 352 g/mol. The van der Waals surface area contributed by atoms with E-state index < -0.39 is 0 Å². The molecule has 0 radical (unpaired) electrons. The molecule has 0 aliphatic carbocycles. The van der Waals surface area contributed by atoms with Crippen molar-refractivity contribution in [1.29, 1.82) is 0 Å². The lowest BCUT2D eigenvalue weighted by atomic mass is 10.3. The third-order valence-electron chi connectivity index (χ3n) is 2.23. The quantitative estimate of drug-likeness (QED) is 0.836. The van der Waals surface area contributed by atoms with Gasteiger partial charge in [0.2, 0.25) is 0 Å². The predicted molar refractivity (Wildman–Crippen MR) is 75.3 cm³/mol. The van der Waals surface area contributed by atoms with Crippen LogP contribution in [-0.4, -0.2) is 15.5 Å². The molecule has 1 aromatic carbocycles. The maximum absolute atomic E-state index is 11.9. The topological polar surface area (TPSA) is 46.9 Å². The summed E-state index contributed by atoms with van der Waals surface area (Å²) in [5.74, 6) is -0.190. The van der Waals surface area contributed by atoms with E-state index in [-0.39, 0.29) is 5.91 Å². The lowest BCUT2D eigenvalue weighted by molar-refractivity contribution is 0.101. The summed E-state index contributed by atoms with van der Waals surface area (Å²) < 4.78 is 2.56. The van der Waals surface area contributed by atoms with Crippen LogP contribution in [0.3, 0.4) is 0 Å². The second kappa shape index (κ2) is 5.05. The molecule has 0 atom stereocenters. The number of carbonyl (C=O) groups is 1. The molecule has 0 spiro atoms. The number of halogens is 2. The molecule has 0 saturated carbocycles. The predicted octanol–water partition coefficient (Wildman–Crippen LogP) is 2.93. The molecule has 0 aliphatic rings. The Morgan fingerprint density at radius 3 is 2.88 bits per heavy atom. The molecule has 4 nitrogen and oxygen atoms in total. The van der Waals surface area contributed by atoms with Crippen molar-refractivity contribution < 1.29 is 4.79 Å². The zero-order valence-corrected chi connectivity index (χ0v) is 11.9. The molecule has 6 heteroatoms. The number of hydrogen-bond acceptors (Lipinski definition) is 2. The highest BCUT2D eigenvalue weighted by Gasteiger charge is 2.11. The van der Waals surface area contributed by atoms with Crippen molar-refractivity contribution in [3.05, 3.63) is 45.0 Å². The van der Waals surface area contributed by atoms with Crippen LogP contribution >= 0.6 is 34.2 Å². The summed E-state index contributed by atoms with van der Waals surface area (Å²) in [5, 5.41) is 3.46. The third-order valence-corrected chi connectivity index (χ3v) is 3.36. The highest BCUT2D eigenvalue weighted by Crippen LogP contribution is 2.22. The van der Waals surface area contributed by atoms with Crippen molar-refractivity contribution in [2.45, 2.75) is 0 Å². The third kappa shape index (κ3) is 2.78. The van der Waals surface area contributed by atoms with Crippen LogP contribution in [0.5, 0.6) is 0 Å². The molecule has 1 N–H and O–H groups in total. The number of benzene rings is 1. The minimum absolute atomic E-state index is 0.190. The van der Waals surface area contributed by atoms with Crippen LogP contribution < -0.4 is 5.32 Å². The molecule has 0 aliphatic heterocycles. The van der Waals surface area contributed by atoms with Crippen LogP contribution in [0, 0.1) is 3.57 Å². The molecule has 0 fully saturated rings. The summed E-state index contributed by atoms with van der Waals surface area (Å²) in [6.45, 7) is 0. The van der Waals surface area contributed by atoms with Gasteiger partial charge >= 0.3 is 0 Å². The highest BCUT2D eigenvalue weighted by atomic mass is 127. The molecule has 1 heterocycles. The summed E-state index contributed by atoms with van der Waals surface area (Å²) in [6.07, 6.45) is 3.11. The van der Waals surface area contributed by atoms with Crippen LogP contribution in [0.15, 0.2) is 30.7 Å². The second-order valence-corrected chi connectivity index (χ2v) is 5.07. The van der Waals surface area contributed by atoms with Gasteiger partial charge in [-0.2, -0.15) is 0 Å². The van der Waals surface area contributed by atoms with Gasteiger partial charge in [0, 0.05) is 15.6 Å². The first-order chi connectivity index (χ1) is 8.08. The Morgan fingerprint density at radius 1 is 1.53 bits per heavy atom. The maximum atomic E-state index is 11.9. The van der Waals surface area contributed by atoms with Gasteiger partial charge in [-0.3, -0.25) is 4.79 Å². The first kappa shape index (κ1) is 12.4. The van der Waals surface area contributed by atoms with Gasteiger partial charge in [-0.15, -0.1) is 0 Å². The van der Waals surface area contributed by atoms with Crippen molar-refractivity contribution in [3.63, 3.8) is 0 Å². The molecule has 0 saturated heterocycles. The number of hydrogen-bond donors (Lipinski definition) is 1. The smallest absolute Gasteiger partial charge is 0.273 e. The van der Waals surface area contributed by atoms with Crippen molar-refractivity contribution in [3.8, 4) is 0 Å². The fourth-order valence-electron chi connectivity index (χ4n) is 1.35. The van der Waals surface area contributed by atoms with E-state index in [2.05, 4.69) is 32.9 Å². The molecule has 0 bridgehead atoms. The number of aromatic nitrogens is 2. The van der Waals surface area contributed by atoms with Gasteiger partial charge in [0.05, 0.1) is 18.2 Å². The van der Waals surface area contributed by atoms with Gasteiger partial charge in [-0.05, 0) is 40.8 Å². The normalized spacial score (nSPS) is 10.3. The lowest BCUT2D eigenvalue weighted by Gasteiger charge is -2.07. The zero-order valence-electron chi connectivity index (χ0n) is 8.95.